The van der Waals surface area contributed by atoms with Crippen LogP contribution in [-0.2, 0) is 20.8 Å². The molecule has 0 saturated carbocycles. The SMILES string of the molecule is COCC(C)(NCc1cccs1)C(=O)OC. The molecule has 1 unspecified atom stereocenters. The van der Waals surface area contributed by atoms with E-state index < -0.39 is 5.54 Å². The molecule has 0 radical (unpaired) electrons. The predicted octanol–water partition coefficient (Wildman–Crippen LogP) is 1.42. The number of hydrogen-bond donors (Lipinski definition) is 1. The van der Waals surface area contributed by atoms with Crippen LogP contribution in [0.4, 0.5) is 0 Å². The van der Waals surface area contributed by atoms with Crippen molar-refractivity contribution in [2.75, 3.05) is 20.8 Å². The minimum absolute atomic E-state index is 0.283. The van der Waals surface area contributed by atoms with Crippen LogP contribution in [0.5, 0.6) is 0 Å². The third kappa shape index (κ3) is 3.30. The Hall–Kier alpha value is -0.910. The molecule has 1 aromatic heterocycles. The molecule has 0 aliphatic carbocycles. The summed E-state index contributed by atoms with van der Waals surface area (Å²) in [6, 6.07) is 4.00. The summed E-state index contributed by atoms with van der Waals surface area (Å²) in [7, 11) is 2.94. The number of ether oxygens (including phenoxy) is 2. The van der Waals surface area contributed by atoms with Crippen molar-refractivity contribution in [2.45, 2.75) is 19.0 Å². The largest absolute Gasteiger partial charge is 0.468 e. The van der Waals surface area contributed by atoms with E-state index in [1.807, 2.05) is 17.5 Å². The standard InChI is InChI=1S/C11H17NO3S/c1-11(8-14-2,10(13)15-3)12-7-9-5-4-6-16-9/h4-6,12H,7-8H2,1-3H3. The summed E-state index contributed by atoms with van der Waals surface area (Å²) in [5.41, 5.74) is -0.798. The van der Waals surface area contributed by atoms with Gasteiger partial charge in [0.05, 0.1) is 13.7 Å². The molecule has 4 nitrogen and oxygen atoms in total. The maximum Gasteiger partial charge on any atom is 0.328 e. The zero-order valence-electron chi connectivity index (χ0n) is 9.78. The molecule has 0 bridgehead atoms. The van der Waals surface area contributed by atoms with Gasteiger partial charge in [-0.1, -0.05) is 6.07 Å². The van der Waals surface area contributed by atoms with E-state index in [1.54, 1.807) is 25.4 Å². The van der Waals surface area contributed by atoms with Crippen LogP contribution in [0.1, 0.15) is 11.8 Å². The van der Waals surface area contributed by atoms with Gasteiger partial charge in [-0.15, -0.1) is 11.3 Å². The average Bonchev–Trinajstić information content (AvgIpc) is 2.78. The number of carbonyl (C=O) groups excluding carboxylic acids is 1. The van der Waals surface area contributed by atoms with Gasteiger partial charge in [-0.2, -0.15) is 0 Å². The highest BCUT2D eigenvalue weighted by Gasteiger charge is 2.33. The van der Waals surface area contributed by atoms with E-state index in [-0.39, 0.29) is 12.6 Å². The van der Waals surface area contributed by atoms with E-state index in [1.165, 1.54) is 12.0 Å². The highest BCUT2D eigenvalue weighted by Crippen LogP contribution is 2.12. The summed E-state index contributed by atoms with van der Waals surface area (Å²) < 4.78 is 9.80. The van der Waals surface area contributed by atoms with Crippen LogP contribution in [-0.4, -0.2) is 32.3 Å². The fourth-order valence-electron chi connectivity index (χ4n) is 1.39. The van der Waals surface area contributed by atoms with Gasteiger partial charge in [0.1, 0.15) is 5.54 Å². The number of nitrogens with one attached hydrogen (secondary N) is 1. The third-order valence-electron chi connectivity index (χ3n) is 2.30. The highest BCUT2D eigenvalue weighted by molar-refractivity contribution is 7.09. The van der Waals surface area contributed by atoms with Crippen molar-refractivity contribution in [3.05, 3.63) is 22.4 Å². The molecule has 0 spiro atoms. The maximum atomic E-state index is 11.6. The summed E-state index contributed by atoms with van der Waals surface area (Å²) >= 11 is 1.65. The first-order chi connectivity index (χ1) is 7.62. The van der Waals surface area contributed by atoms with E-state index in [0.717, 1.165) is 0 Å². The highest BCUT2D eigenvalue weighted by atomic mass is 32.1. The lowest BCUT2D eigenvalue weighted by Crippen LogP contribution is -2.53. The van der Waals surface area contributed by atoms with Crippen LogP contribution in [0.15, 0.2) is 17.5 Å². The third-order valence-corrected chi connectivity index (χ3v) is 3.18. The van der Waals surface area contributed by atoms with Crippen LogP contribution in [0.3, 0.4) is 0 Å². The molecule has 0 saturated heterocycles. The second-order valence-electron chi connectivity index (χ2n) is 3.69. The molecule has 1 aromatic rings. The van der Waals surface area contributed by atoms with Gasteiger partial charge < -0.3 is 9.47 Å². The molecule has 1 rings (SSSR count). The van der Waals surface area contributed by atoms with Crippen molar-refractivity contribution in [1.29, 1.82) is 0 Å². The van der Waals surface area contributed by atoms with Crippen molar-refractivity contribution < 1.29 is 14.3 Å². The summed E-state index contributed by atoms with van der Waals surface area (Å²) in [5, 5.41) is 5.16. The topological polar surface area (TPSA) is 47.6 Å². The Balaban J connectivity index is 2.60. The fraction of sp³-hybridized carbons (Fsp3) is 0.545. The first kappa shape index (κ1) is 13.2. The molecule has 0 aliphatic heterocycles. The molecule has 90 valence electrons. The van der Waals surface area contributed by atoms with Crippen LogP contribution in [0.2, 0.25) is 0 Å². The normalized spacial score (nSPS) is 14.4. The van der Waals surface area contributed by atoms with Crippen LogP contribution >= 0.6 is 11.3 Å². The van der Waals surface area contributed by atoms with E-state index in [4.69, 9.17) is 9.47 Å². The van der Waals surface area contributed by atoms with E-state index >= 15 is 0 Å². The molecule has 0 aromatic carbocycles. The summed E-state index contributed by atoms with van der Waals surface area (Å²) in [6.07, 6.45) is 0. The Bertz CT molecular complexity index is 326. The monoisotopic (exact) mass is 243 g/mol. The second kappa shape index (κ2) is 5.98. The lowest BCUT2D eigenvalue weighted by Gasteiger charge is -2.26. The number of esters is 1. The molecule has 1 N–H and O–H groups in total. The van der Waals surface area contributed by atoms with Crippen molar-refractivity contribution in [1.82, 2.24) is 5.32 Å². The van der Waals surface area contributed by atoms with Gasteiger partial charge in [-0.05, 0) is 18.4 Å². The molecular weight excluding hydrogens is 226 g/mol. The Morgan fingerprint density at radius 3 is 2.81 bits per heavy atom. The molecule has 0 aliphatic rings. The van der Waals surface area contributed by atoms with Gasteiger partial charge in [-0.25, -0.2) is 4.79 Å². The second-order valence-corrected chi connectivity index (χ2v) is 4.72. The van der Waals surface area contributed by atoms with Gasteiger partial charge in [0.15, 0.2) is 0 Å². The zero-order chi connectivity index (χ0) is 12.0. The van der Waals surface area contributed by atoms with E-state index in [9.17, 15) is 4.79 Å². The van der Waals surface area contributed by atoms with Gasteiger partial charge in [-0.3, -0.25) is 5.32 Å². The minimum atomic E-state index is -0.798. The first-order valence-corrected chi connectivity index (χ1v) is 5.85. The number of hydrogen-bond acceptors (Lipinski definition) is 5. The lowest BCUT2D eigenvalue weighted by atomic mass is 10.0. The smallest absolute Gasteiger partial charge is 0.328 e. The number of thiophene rings is 1. The molecule has 1 atom stereocenters. The molecule has 5 heteroatoms. The zero-order valence-corrected chi connectivity index (χ0v) is 10.6. The van der Waals surface area contributed by atoms with Crippen LogP contribution in [0.25, 0.3) is 0 Å². The van der Waals surface area contributed by atoms with Gasteiger partial charge in [0, 0.05) is 18.5 Å². The molecule has 1 heterocycles. The van der Waals surface area contributed by atoms with Gasteiger partial charge >= 0.3 is 5.97 Å². The number of methoxy groups -OCH3 is 2. The van der Waals surface area contributed by atoms with Gasteiger partial charge in [0.25, 0.3) is 0 Å². The van der Waals surface area contributed by atoms with Crippen molar-refractivity contribution >= 4 is 17.3 Å². The van der Waals surface area contributed by atoms with Crippen molar-refractivity contribution in [3.63, 3.8) is 0 Å². The Labute approximate surface area is 99.6 Å². The molecule has 0 fully saturated rings. The molecule has 0 amide bonds. The number of rotatable bonds is 6. The molecule has 16 heavy (non-hydrogen) atoms. The minimum Gasteiger partial charge on any atom is -0.468 e. The fourth-order valence-corrected chi connectivity index (χ4v) is 2.04. The summed E-state index contributed by atoms with van der Waals surface area (Å²) in [5.74, 6) is -0.314. The van der Waals surface area contributed by atoms with Crippen LogP contribution < -0.4 is 5.32 Å². The number of carbonyl (C=O) groups is 1. The Morgan fingerprint density at radius 2 is 2.31 bits per heavy atom. The Kier molecular flexibility index (Phi) is 4.92. The summed E-state index contributed by atoms with van der Waals surface area (Å²) in [6.45, 7) is 2.69. The maximum absolute atomic E-state index is 11.6. The van der Waals surface area contributed by atoms with Crippen molar-refractivity contribution in [3.8, 4) is 0 Å². The van der Waals surface area contributed by atoms with E-state index in [0.29, 0.717) is 6.54 Å². The predicted molar refractivity (Wildman–Crippen MR) is 63.5 cm³/mol. The van der Waals surface area contributed by atoms with E-state index in [2.05, 4.69) is 5.32 Å². The molecular formula is C11H17NO3S. The average molecular weight is 243 g/mol. The first-order valence-electron chi connectivity index (χ1n) is 4.97. The lowest BCUT2D eigenvalue weighted by molar-refractivity contribution is -0.150. The summed E-state index contributed by atoms with van der Waals surface area (Å²) in [4.78, 5) is 12.8. The van der Waals surface area contributed by atoms with Crippen LogP contribution in [0, 0.1) is 0 Å². The van der Waals surface area contributed by atoms with Crippen molar-refractivity contribution in [2.24, 2.45) is 0 Å². The van der Waals surface area contributed by atoms with Gasteiger partial charge in [0.2, 0.25) is 0 Å². The Morgan fingerprint density at radius 1 is 1.56 bits per heavy atom. The quantitative estimate of drug-likeness (QED) is 0.768.